The van der Waals surface area contributed by atoms with Crippen LogP contribution in [0.3, 0.4) is 0 Å². The van der Waals surface area contributed by atoms with Crippen LogP contribution in [0.15, 0.2) is 61.1 Å². The van der Waals surface area contributed by atoms with Gasteiger partial charge in [0.05, 0.1) is 54.3 Å². The van der Waals surface area contributed by atoms with Crippen LogP contribution >= 0.6 is 0 Å². The maximum atomic E-state index is 15.5. The van der Waals surface area contributed by atoms with Gasteiger partial charge in [0, 0.05) is 6.04 Å². The number of aryl methyl sites for hydroxylation is 1. The highest BCUT2D eigenvalue weighted by molar-refractivity contribution is 5.98. The Morgan fingerprint density at radius 2 is 1.80 bits per heavy atom. The fourth-order valence-corrected chi connectivity index (χ4v) is 5.18. The number of halogens is 1. The van der Waals surface area contributed by atoms with Crippen molar-refractivity contribution in [2.45, 2.75) is 77.4 Å². The normalized spacial score (nSPS) is 18.1. The molecular weight excluding hydrogens is 593 g/mol. The third-order valence-electron chi connectivity index (χ3n) is 7.35. The Morgan fingerprint density at radius 3 is 2.50 bits per heavy atom. The summed E-state index contributed by atoms with van der Waals surface area (Å²) in [5.74, 6) is -1.74. The Balaban J connectivity index is 1.38. The van der Waals surface area contributed by atoms with Crippen LogP contribution in [0.2, 0.25) is 0 Å². The van der Waals surface area contributed by atoms with Gasteiger partial charge in [0.1, 0.15) is 17.1 Å². The number of carbonyl (C=O) groups excluding carboxylic acids is 2. The zero-order valence-corrected chi connectivity index (χ0v) is 26.2. The molecule has 14 heteroatoms. The van der Waals surface area contributed by atoms with Crippen molar-refractivity contribution in [1.29, 1.82) is 0 Å². The third-order valence-corrected chi connectivity index (χ3v) is 7.35. The molecule has 0 radical (unpaired) electrons. The zero-order chi connectivity index (χ0) is 32.8. The minimum absolute atomic E-state index is 0.0259. The highest BCUT2D eigenvalue weighted by atomic mass is 19.1. The van der Waals surface area contributed by atoms with Crippen LogP contribution in [0.1, 0.15) is 61.6 Å². The minimum Gasteiger partial charge on any atom is -0.444 e. The Labute approximate surface area is 266 Å². The summed E-state index contributed by atoms with van der Waals surface area (Å²) in [7, 11) is 0. The molecule has 1 fully saturated rings. The highest BCUT2D eigenvalue weighted by Gasteiger charge is 2.34. The number of rotatable bonds is 10. The number of nitrogens with one attached hydrogen (secondary N) is 3. The number of hydrogen-bond donors (Lipinski definition) is 4. The topological polar surface area (TPSA) is 171 Å². The van der Waals surface area contributed by atoms with Crippen molar-refractivity contribution in [2.75, 3.05) is 10.6 Å². The van der Waals surface area contributed by atoms with Crippen LogP contribution < -0.4 is 21.7 Å². The predicted molar refractivity (Wildman–Crippen MR) is 169 cm³/mol. The molecule has 4 aromatic rings. The molecule has 3 atom stereocenters. The lowest BCUT2D eigenvalue weighted by Gasteiger charge is -2.37. The SMILES string of the molecule is Cc1ncc(Nc2nc(N[C@@H]3CC[C@@H](OCc4ccccc4)C[C@@H]3NC(=O)OC(C)(C)C)c(F)cc2C(N)=O)cc1-n1nccn1. The van der Waals surface area contributed by atoms with E-state index < -0.39 is 35.5 Å². The molecule has 242 valence electrons. The molecule has 46 heavy (non-hydrogen) atoms. The van der Waals surface area contributed by atoms with Gasteiger partial charge in [-0.3, -0.25) is 9.78 Å². The first kappa shape index (κ1) is 32.3. The first-order valence-electron chi connectivity index (χ1n) is 15.0. The number of alkyl carbamates (subject to hydrolysis) is 1. The molecule has 5 N–H and O–H groups in total. The molecule has 1 aliphatic carbocycles. The van der Waals surface area contributed by atoms with Crippen molar-refractivity contribution in [1.82, 2.24) is 30.3 Å². The van der Waals surface area contributed by atoms with Crippen LogP contribution in [0, 0.1) is 12.7 Å². The number of ether oxygens (including phenoxy) is 2. The second-order valence-electron chi connectivity index (χ2n) is 12.1. The molecule has 3 aromatic heterocycles. The fraction of sp³-hybridized carbons (Fsp3) is 0.375. The van der Waals surface area contributed by atoms with E-state index in [2.05, 4.69) is 36.1 Å². The first-order valence-corrected chi connectivity index (χ1v) is 15.0. The smallest absolute Gasteiger partial charge is 0.407 e. The van der Waals surface area contributed by atoms with Crippen molar-refractivity contribution in [2.24, 2.45) is 5.73 Å². The molecule has 1 aromatic carbocycles. The van der Waals surface area contributed by atoms with E-state index in [9.17, 15) is 9.59 Å². The number of anilines is 3. The number of hydrogen-bond acceptors (Lipinski definition) is 10. The van der Waals surface area contributed by atoms with Gasteiger partial charge in [-0.05, 0) is 64.7 Å². The lowest BCUT2D eigenvalue weighted by atomic mass is 9.88. The van der Waals surface area contributed by atoms with Gasteiger partial charge in [-0.15, -0.1) is 4.80 Å². The van der Waals surface area contributed by atoms with Gasteiger partial charge in [-0.25, -0.2) is 14.2 Å². The maximum Gasteiger partial charge on any atom is 0.407 e. The van der Waals surface area contributed by atoms with Gasteiger partial charge in [-0.1, -0.05) is 30.3 Å². The molecule has 0 saturated heterocycles. The van der Waals surface area contributed by atoms with Crippen molar-refractivity contribution in [3.05, 3.63) is 83.7 Å². The molecule has 0 unspecified atom stereocenters. The molecule has 1 aliphatic rings. The van der Waals surface area contributed by atoms with Gasteiger partial charge in [-0.2, -0.15) is 10.2 Å². The highest BCUT2D eigenvalue weighted by Crippen LogP contribution is 2.29. The Hall–Kier alpha value is -5.11. The van der Waals surface area contributed by atoms with Crippen LogP contribution in [-0.2, 0) is 16.1 Å². The lowest BCUT2D eigenvalue weighted by Crippen LogP contribution is -2.52. The van der Waals surface area contributed by atoms with Crippen molar-refractivity contribution >= 4 is 29.3 Å². The molecule has 1 saturated carbocycles. The number of primary amides is 1. The van der Waals surface area contributed by atoms with Crippen LogP contribution in [0.25, 0.3) is 5.69 Å². The molecule has 2 amide bonds. The minimum atomic E-state index is -0.866. The van der Waals surface area contributed by atoms with E-state index in [0.29, 0.717) is 42.9 Å². The monoisotopic (exact) mass is 631 g/mol. The molecule has 5 rings (SSSR count). The summed E-state index contributed by atoms with van der Waals surface area (Å²) < 4.78 is 27.2. The van der Waals surface area contributed by atoms with E-state index >= 15 is 4.39 Å². The zero-order valence-electron chi connectivity index (χ0n) is 26.2. The molecular formula is C32H38FN9O4. The number of carbonyl (C=O) groups is 2. The number of nitrogens with zero attached hydrogens (tertiary/aromatic N) is 5. The van der Waals surface area contributed by atoms with Gasteiger partial charge < -0.3 is 31.2 Å². The average molecular weight is 632 g/mol. The van der Waals surface area contributed by atoms with E-state index in [-0.39, 0.29) is 23.3 Å². The third kappa shape index (κ3) is 8.33. The number of nitrogens with two attached hydrogens (primary N) is 1. The fourth-order valence-electron chi connectivity index (χ4n) is 5.18. The Bertz CT molecular complexity index is 1660. The van der Waals surface area contributed by atoms with Crippen molar-refractivity contribution < 1.29 is 23.5 Å². The average Bonchev–Trinajstić information content (AvgIpc) is 3.54. The summed E-state index contributed by atoms with van der Waals surface area (Å²) in [6.07, 6.45) is 5.51. The number of benzene rings is 1. The summed E-state index contributed by atoms with van der Waals surface area (Å²) in [6.45, 7) is 7.57. The van der Waals surface area contributed by atoms with Gasteiger partial charge in [0.2, 0.25) is 0 Å². The second-order valence-corrected chi connectivity index (χ2v) is 12.1. The van der Waals surface area contributed by atoms with E-state index in [0.717, 1.165) is 11.6 Å². The van der Waals surface area contributed by atoms with Crippen LogP contribution in [-0.4, -0.2) is 60.8 Å². The summed E-state index contributed by atoms with van der Waals surface area (Å²) in [4.78, 5) is 35.3. The molecule has 0 aliphatic heterocycles. The molecule has 0 spiro atoms. The Morgan fingerprint density at radius 1 is 1.07 bits per heavy atom. The van der Waals surface area contributed by atoms with E-state index in [1.165, 1.54) is 17.2 Å². The summed E-state index contributed by atoms with van der Waals surface area (Å²) in [5, 5.41) is 17.4. The second kappa shape index (κ2) is 13.9. The largest absolute Gasteiger partial charge is 0.444 e. The quantitative estimate of drug-likeness (QED) is 0.191. The predicted octanol–water partition coefficient (Wildman–Crippen LogP) is 4.79. The lowest BCUT2D eigenvalue weighted by molar-refractivity contribution is 0.00254. The van der Waals surface area contributed by atoms with E-state index in [4.69, 9.17) is 15.2 Å². The summed E-state index contributed by atoms with van der Waals surface area (Å²) >= 11 is 0. The molecule has 0 bridgehead atoms. The van der Waals surface area contributed by atoms with Gasteiger partial charge >= 0.3 is 6.09 Å². The number of pyridine rings is 2. The van der Waals surface area contributed by atoms with Gasteiger partial charge in [0.25, 0.3) is 5.91 Å². The number of aromatic nitrogens is 5. The molecule has 13 nitrogen and oxygen atoms in total. The van der Waals surface area contributed by atoms with E-state index in [1.54, 1.807) is 40.0 Å². The first-order chi connectivity index (χ1) is 21.9. The van der Waals surface area contributed by atoms with Crippen molar-refractivity contribution in [3.8, 4) is 5.69 Å². The van der Waals surface area contributed by atoms with Gasteiger partial charge in [0.15, 0.2) is 11.6 Å². The maximum absolute atomic E-state index is 15.5. The number of amides is 2. The summed E-state index contributed by atoms with van der Waals surface area (Å²) in [6, 6.07) is 11.7. The van der Waals surface area contributed by atoms with Crippen LogP contribution in [0.4, 0.5) is 26.5 Å². The molecule has 3 heterocycles. The van der Waals surface area contributed by atoms with Crippen LogP contribution in [0.5, 0.6) is 0 Å². The standard InChI is InChI=1S/C32H38FN9O4/c1-19-27(42-36-12-13-37-42)14-21(17-35-19)38-29-23(28(34)43)16-24(33)30(41-29)39-25-11-10-22(45-18-20-8-6-5-7-9-20)15-26(25)40-31(44)46-32(2,3)4/h5-9,12-14,16-17,22,25-26H,10-11,15,18H2,1-4H3,(H2,34,43)(H,40,44)(H2,38,39,41)/t22-,25-,26+/m1/s1. The Kier molecular flexibility index (Phi) is 9.75. The summed E-state index contributed by atoms with van der Waals surface area (Å²) in [5.41, 5.74) is 7.49. The van der Waals surface area contributed by atoms with Crippen molar-refractivity contribution in [3.63, 3.8) is 0 Å². The van der Waals surface area contributed by atoms with E-state index in [1.807, 2.05) is 30.3 Å².